The minimum absolute atomic E-state index is 0.515. The molecule has 1 rings (SSSR count). The number of hydrogen-bond acceptors (Lipinski definition) is 1. The quantitative estimate of drug-likeness (QED) is 0.612. The lowest BCUT2D eigenvalue weighted by Gasteiger charge is -2.22. The summed E-state index contributed by atoms with van der Waals surface area (Å²) in [7, 11) is 0. The van der Waals surface area contributed by atoms with Crippen molar-refractivity contribution >= 4 is 0 Å². The fourth-order valence-electron chi connectivity index (χ4n) is 1.74. The van der Waals surface area contributed by atoms with Crippen LogP contribution < -0.4 is 0 Å². The van der Waals surface area contributed by atoms with Gasteiger partial charge in [-0.15, -0.1) is 11.8 Å². The van der Waals surface area contributed by atoms with Gasteiger partial charge >= 0.3 is 0 Å². The zero-order valence-corrected chi connectivity index (χ0v) is 7.89. The van der Waals surface area contributed by atoms with Crippen LogP contribution in [0.1, 0.15) is 26.2 Å². The number of halogens is 2. The van der Waals surface area contributed by atoms with Gasteiger partial charge in [-0.1, -0.05) is 0 Å². The van der Waals surface area contributed by atoms with E-state index in [2.05, 4.69) is 11.8 Å². The normalized spacial score (nSPS) is 23.2. The first-order valence-electron chi connectivity index (χ1n) is 4.67. The predicted octanol–water partition coefficient (Wildman–Crippen LogP) is 2.13. The van der Waals surface area contributed by atoms with Crippen LogP contribution in [0, 0.1) is 11.8 Å². The van der Waals surface area contributed by atoms with Crippen LogP contribution in [-0.4, -0.2) is 30.5 Å². The van der Waals surface area contributed by atoms with Gasteiger partial charge in [0.25, 0.3) is 6.43 Å². The summed E-state index contributed by atoms with van der Waals surface area (Å²) in [4.78, 5) is 1.86. The molecule has 1 fully saturated rings. The van der Waals surface area contributed by atoms with E-state index in [4.69, 9.17) is 0 Å². The molecule has 0 radical (unpaired) electrons. The molecule has 0 aromatic heterocycles. The molecule has 0 aromatic carbocycles. The Kier molecular flexibility index (Phi) is 4.17. The Morgan fingerprint density at radius 3 is 2.92 bits per heavy atom. The fourth-order valence-corrected chi connectivity index (χ4v) is 1.74. The molecule has 0 N–H and O–H groups in total. The average Bonchev–Trinajstić information content (AvgIpc) is 2.53. The third-order valence-corrected chi connectivity index (χ3v) is 2.41. The highest BCUT2D eigenvalue weighted by molar-refractivity contribution is 4.96. The molecule has 0 saturated carbocycles. The van der Waals surface area contributed by atoms with Crippen LogP contribution in [0.3, 0.4) is 0 Å². The summed E-state index contributed by atoms with van der Waals surface area (Å²) < 4.78 is 24.8. The third kappa shape index (κ3) is 2.96. The lowest BCUT2D eigenvalue weighted by Crippen LogP contribution is -2.35. The monoisotopic (exact) mass is 187 g/mol. The van der Waals surface area contributed by atoms with Crippen molar-refractivity contribution in [3.8, 4) is 11.8 Å². The maximum absolute atomic E-state index is 12.4. The molecule has 1 atom stereocenters. The van der Waals surface area contributed by atoms with E-state index < -0.39 is 12.5 Å². The second kappa shape index (κ2) is 5.18. The van der Waals surface area contributed by atoms with Crippen LogP contribution in [0.2, 0.25) is 0 Å². The SMILES string of the molecule is CC#CCCN1CCC[C@@H]1C(F)F. The third-order valence-electron chi connectivity index (χ3n) is 2.41. The molecule has 13 heavy (non-hydrogen) atoms. The van der Waals surface area contributed by atoms with Gasteiger partial charge in [0.1, 0.15) is 0 Å². The molecule has 3 heteroatoms. The van der Waals surface area contributed by atoms with Crippen molar-refractivity contribution in [1.29, 1.82) is 0 Å². The molecular formula is C10H15F2N. The first-order valence-corrected chi connectivity index (χ1v) is 4.67. The van der Waals surface area contributed by atoms with E-state index in [0.29, 0.717) is 19.4 Å². The van der Waals surface area contributed by atoms with E-state index >= 15 is 0 Å². The van der Waals surface area contributed by atoms with E-state index in [-0.39, 0.29) is 0 Å². The summed E-state index contributed by atoms with van der Waals surface area (Å²) in [5, 5.41) is 0. The van der Waals surface area contributed by atoms with Crippen molar-refractivity contribution in [3.63, 3.8) is 0 Å². The van der Waals surface area contributed by atoms with Crippen molar-refractivity contribution in [2.75, 3.05) is 13.1 Å². The maximum Gasteiger partial charge on any atom is 0.253 e. The second-order valence-electron chi connectivity index (χ2n) is 3.26. The summed E-state index contributed by atoms with van der Waals surface area (Å²) in [6.07, 6.45) is 0.0444. The molecule has 1 saturated heterocycles. The molecule has 1 heterocycles. The van der Waals surface area contributed by atoms with Crippen molar-refractivity contribution in [3.05, 3.63) is 0 Å². The van der Waals surface area contributed by atoms with Gasteiger partial charge in [-0.25, -0.2) is 8.78 Å². The maximum atomic E-state index is 12.4. The topological polar surface area (TPSA) is 3.24 Å². The number of likely N-dealkylation sites (tertiary alicyclic amines) is 1. The Morgan fingerprint density at radius 2 is 2.31 bits per heavy atom. The van der Waals surface area contributed by atoms with E-state index in [9.17, 15) is 8.78 Å². The zero-order chi connectivity index (χ0) is 9.68. The average molecular weight is 187 g/mol. The van der Waals surface area contributed by atoms with Crippen LogP contribution in [0.25, 0.3) is 0 Å². The van der Waals surface area contributed by atoms with E-state index in [1.807, 2.05) is 4.90 Å². The Balaban J connectivity index is 2.33. The standard InChI is InChI=1S/C10H15F2N/c1-2-3-4-7-13-8-5-6-9(13)10(11)12/h9-10H,4-8H2,1H3/t9-/m1/s1. The lowest BCUT2D eigenvalue weighted by atomic mass is 10.2. The summed E-state index contributed by atoms with van der Waals surface area (Å²) in [6, 6.07) is -0.515. The molecule has 0 unspecified atom stereocenters. The van der Waals surface area contributed by atoms with Gasteiger partial charge in [-0.2, -0.15) is 0 Å². The fraction of sp³-hybridized carbons (Fsp3) is 0.800. The highest BCUT2D eigenvalue weighted by atomic mass is 19.3. The van der Waals surface area contributed by atoms with Gasteiger partial charge < -0.3 is 0 Å². The minimum atomic E-state index is -2.20. The highest BCUT2D eigenvalue weighted by Crippen LogP contribution is 2.22. The van der Waals surface area contributed by atoms with E-state index in [1.54, 1.807) is 6.92 Å². The first-order chi connectivity index (χ1) is 6.25. The lowest BCUT2D eigenvalue weighted by molar-refractivity contribution is 0.0485. The Hall–Kier alpha value is -0.620. The smallest absolute Gasteiger partial charge is 0.253 e. The van der Waals surface area contributed by atoms with Crippen molar-refractivity contribution < 1.29 is 8.78 Å². The van der Waals surface area contributed by atoms with Gasteiger partial charge in [0, 0.05) is 13.0 Å². The summed E-state index contributed by atoms with van der Waals surface area (Å²) in [6.45, 7) is 3.27. The number of hydrogen-bond donors (Lipinski definition) is 0. The van der Waals surface area contributed by atoms with Crippen molar-refractivity contribution in [2.45, 2.75) is 38.7 Å². The predicted molar refractivity (Wildman–Crippen MR) is 48.7 cm³/mol. The van der Waals surface area contributed by atoms with Crippen LogP contribution in [0.15, 0.2) is 0 Å². The van der Waals surface area contributed by atoms with Crippen molar-refractivity contribution in [1.82, 2.24) is 4.90 Å². The molecule has 1 nitrogen and oxygen atoms in total. The van der Waals surface area contributed by atoms with E-state index in [0.717, 1.165) is 13.0 Å². The molecule has 0 aliphatic carbocycles. The molecular weight excluding hydrogens is 172 g/mol. The van der Waals surface area contributed by atoms with Crippen LogP contribution >= 0.6 is 0 Å². The second-order valence-corrected chi connectivity index (χ2v) is 3.26. The molecule has 0 spiro atoms. The van der Waals surface area contributed by atoms with Gasteiger partial charge in [0.2, 0.25) is 0 Å². The summed E-state index contributed by atoms with van der Waals surface area (Å²) in [5.41, 5.74) is 0. The summed E-state index contributed by atoms with van der Waals surface area (Å²) >= 11 is 0. The van der Waals surface area contributed by atoms with Gasteiger partial charge in [-0.3, -0.25) is 4.90 Å². The molecule has 0 amide bonds. The number of nitrogens with zero attached hydrogens (tertiary/aromatic N) is 1. The largest absolute Gasteiger partial charge is 0.294 e. The van der Waals surface area contributed by atoms with E-state index in [1.165, 1.54) is 0 Å². The molecule has 0 bridgehead atoms. The van der Waals surface area contributed by atoms with Crippen LogP contribution in [0.4, 0.5) is 8.78 Å². The first kappa shape index (κ1) is 10.5. The van der Waals surface area contributed by atoms with Crippen LogP contribution in [0.5, 0.6) is 0 Å². The van der Waals surface area contributed by atoms with Gasteiger partial charge in [0.15, 0.2) is 0 Å². The highest BCUT2D eigenvalue weighted by Gasteiger charge is 2.30. The van der Waals surface area contributed by atoms with Crippen molar-refractivity contribution in [2.24, 2.45) is 0 Å². The zero-order valence-electron chi connectivity index (χ0n) is 7.89. The Labute approximate surface area is 78.1 Å². The molecule has 1 aliphatic heterocycles. The van der Waals surface area contributed by atoms with Gasteiger partial charge in [0.05, 0.1) is 6.04 Å². The number of rotatable bonds is 3. The molecule has 0 aromatic rings. The molecule has 74 valence electrons. The minimum Gasteiger partial charge on any atom is -0.294 e. The summed E-state index contributed by atoms with van der Waals surface area (Å²) in [5.74, 6) is 5.67. The number of alkyl halides is 2. The molecule has 1 aliphatic rings. The van der Waals surface area contributed by atoms with Crippen LogP contribution in [-0.2, 0) is 0 Å². The van der Waals surface area contributed by atoms with Gasteiger partial charge in [-0.05, 0) is 26.3 Å². The Bertz CT molecular complexity index is 205. The Morgan fingerprint density at radius 1 is 1.54 bits per heavy atom.